The van der Waals surface area contributed by atoms with Crippen LogP contribution in [0, 0.1) is 6.92 Å². The number of nitrogens with one attached hydrogen (secondary N) is 3. The molecule has 1 heterocycles. The highest BCUT2D eigenvalue weighted by Gasteiger charge is 2.09. The maximum atomic E-state index is 12.3. The van der Waals surface area contributed by atoms with E-state index in [1.807, 2.05) is 0 Å². The van der Waals surface area contributed by atoms with Crippen LogP contribution < -0.4 is 21.4 Å². The Labute approximate surface area is 157 Å². The molecule has 27 heavy (non-hydrogen) atoms. The van der Waals surface area contributed by atoms with Gasteiger partial charge >= 0.3 is 0 Å². The molecule has 0 saturated carbocycles. The van der Waals surface area contributed by atoms with Crippen LogP contribution in [0.3, 0.4) is 0 Å². The van der Waals surface area contributed by atoms with Crippen LogP contribution >= 0.6 is 0 Å². The minimum absolute atomic E-state index is 0.128. The molecule has 0 fully saturated rings. The van der Waals surface area contributed by atoms with Crippen LogP contribution in [0.4, 0.5) is 0 Å². The zero-order chi connectivity index (χ0) is 19.2. The van der Waals surface area contributed by atoms with Gasteiger partial charge in [-0.25, -0.2) is 5.48 Å². The predicted molar refractivity (Wildman–Crippen MR) is 104 cm³/mol. The third kappa shape index (κ3) is 4.54. The largest absolute Gasteiger partial charge is 0.359 e. The summed E-state index contributed by atoms with van der Waals surface area (Å²) in [7, 11) is 0. The number of carbonyl (C=O) groups excluding carboxylic acids is 2. The number of rotatable bonds is 6. The van der Waals surface area contributed by atoms with Crippen molar-refractivity contribution in [2.75, 3.05) is 6.54 Å². The topological polar surface area (TPSA) is 94.2 Å². The number of fused-ring (bicyclic) bond motifs is 1. The zero-order valence-electron chi connectivity index (χ0n) is 15.2. The van der Waals surface area contributed by atoms with Gasteiger partial charge in [-0.05, 0) is 60.7 Å². The normalized spacial score (nSPS) is 12.8. The highest BCUT2D eigenvalue weighted by molar-refractivity contribution is 5.94. The van der Waals surface area contributed by atoms with Gasteiger partial charge in [0, 0.05) is 29.2 Å². The van der Waals surface area contributed by atoms with E-state index in [1.165, 1.54) is 27.7 Å². The molecule has 2 aromatic rings. The fourth-order valence-corrected chi connectivity index (χ4v) is 3.24. The first-order valence-electron chi connectivity index (χ1n) is 8.96. The van der Waals surface area contributed by atoms with Crippen LogP contribution in [0.15, 0.2) is 30.3 Å². The van der Waals surface area contributed by atoms with Gasteiger partial charge in [0.25, 0.3) is 11.8 Å². The first-order chi connectivity index (χ1) is 13.1. The number of carbonyl (C=O) groups is 2. The van der Waals surface area contributed by atoms with E-state index >= 15 is 0 Å². The summed E-state index contributed by atoms with van der Waals surface area (Å²) in [5.74, 6) is -0.731. The minimum Gasteiger partial charge on any atom is -0.359 e. The Kier molecular flexibility index (Phi) is 5.88. The third-order valence-electron chi connectivity index (χ3n) is 4.62. The highest BCUT2D eigenvalue weighted by Crippen LogP contribution is 2.07. The van der Waals surface area contributed by atoms with Crippen LogP contribution in [0.1, 0.15) is 40.0 Å². The molecule has 0 atom stereocenters. The molecule has 140 valence electrons. The van der Waals surface area contributed by atoms with Crippen LogP contribution in [0.25, 0.3) is 18.2 Å². The summed E-state index contributed by atoms with van der Waals surface area (Å²) in [5.41, 5.74) is 5.27. The average molecular weight is 365 g/mol. The van der Waals surface area contributed by atoms with Crippen molar-refractivity contribution >= 4 is 30.0 Å². The molecule has 0 spiro atoms. The van der Waals surface area contributed by atoms with Crippen molar-refractivity contribution in [1.82, 2.24) is 15.8 Å². The molecule has 4 N–H and O–H groups in total. The number of aryl methyl sites for hydroxylation is 1. The van der Waals surface area contributed by atoms with Crippen molar-refractivity contribution < 1.29 is 14.8 Å². The van der Waals surface area contributed by atoms with Crippen molar-refractivity contribution in [3.8, 4) is 0 Å². The molecule has 1 aromatic heterocycles. The molecule has 6 nitrogen and oxygen atoms in total. The summed E-state index contributed by atoms with van der Waals surface area (Å²) >= 11 is 0. The van der Waals surface area contributed by atoms with Crippen LogP contribution in [0.5, 0.6) is 0 Å². The van der Waals surface area contributed by atoms with Gasteiger partial charge in [-0.3, -0.25) is 14.8 Å². The fourth-order valence-electron chi connectivity index (χ4n) is 3.24. The number of aromatic amines is 1. The van der Waals surface area contributed by atoms with Gasteiger partial charge in [-0.15, -0.1) is 0 Å². The maximum absolute atomic E-state index is 12.3. The molecule has 0 aliphatic heterocycles. The van der Waals surface area contributed by atoms with E-state index < -0.39 is 5.91 Å². The molecular weight excluding hydrogens is 342 g/mol. The molecule has 1 aliphatic rings. The summed E-state index contributed by atoms with van der Waals surface area (Å²) in [5, 5.41) is 13.9. The van der Waals surface area contributed by atoms with Crippen molar-refractivity contribution in [3.05, 3.63) is 63.3 Å². The number of hydrogen-bond acceptors (Lipinski definition) is 3. The van der Waals surface area contributed by atoms with Crippen molar-refractivity contribution in [2.24, 2.45) is 0 Å². The lowest BCUT2D eigenvalue weighted by Crippen LogP contribution is -2.30. The van der Waals surface area contributed by atoms with E-state index in [2.05, 4.69) is 29.4 Å². The summed E-state index contributed by atoms with van der Waals surface area (Å²) in [6, 6.07) is 6.90. The number of benzene rings is 1. The molecule has 0 bridgehead atoms. The number of aromatic nitrogens is 1. The van der Waals surface area contributed by atoms with Crippen LogP contribution in [-0.4, -0.2) is 28.6 Å². The Morgan fingerprint density at radius 3 is 2.67 bits per heavy atom. The van der Waals surface area contributed by atoms with Gasteiger partial charge < -0.3 is 10.3 Å². The van der Waals surface area contributed by atoms with Gasteiger partial charge in [0.2, 0.25) is 0 Å². The van der Waals surface area contributed by atoms with Crippen LogP contribution in [-0.2, 0) is 11.2 Å². The molecular formula is C21H23N3O3. The van der Waals surface area contributed by atoms with E-state index in [0.717, 1.165) is 30.5 Å². The Morgan fingerprint density at radius 2 is 1.93 bits per heavy atom. The smallest absolute Gasteiger partial charge is 0.267 e. The summed E-state index contributed by atoms with van der Waals surface area (Å²) in [4.78, 5) is 26.7. The average Bonchev–Trinajstić information content (AvgIpc) is 3.01. The van der Waals surface area contributed by atoms with Crippen molar-refractivity contribution in [3.63, 3.8) is 0 Å². The Bertz CT molecular complexity index is 985. The number of hydrogen-bond donors (Lipinski definition) is 4. The van der Waals surface area contributed by atoms with E-state index in [4.69, 9.17) is 5.21 Å². The van der Waals surface area contributed by atoms with E-state index in [1.54, 1.807) is 30.3 Å². The number of hydroxylamine groups is 1. The molecule has 2 amide bonds. The van der Waals surface area contributed by atoms with Crippen molar-refractivity contribution in [1.29, 1.82) is 0 Å². The lowest BCUT2D eigenvalue weighted by Gasteiger charge is -2.06. The quantitative estimate of drug-likeness (QED) is 0.352. The number of H-pyrrole nitrogens is 1. The van der Waals surface area contributed by atoms with Gasteiger partial charge in [0.15, 0.2) is 0 Å². The maximum Gasteiger partial charge on any atom is 0.267 e. The first kappa shape index (κ1) is 18.7. The standard InChI is InChI=1S/C21H23N3O3/c1-14-17(18-4-2-3-5-19(18)23-14)12-13-22-21(26)16-9-6-15(7-10-16)8-11-20(25)24-27/h4-11,23,27H,2-3,12-13H2,1H3,(H,22,26)(H,24,25)/b11-8+. The van der Waals surface area contributed by atoms with Gasteiger partial charge in [0.05, 0.1) is 0 Å². The summed E-state index contributed by atoms with van der Waals surface area (Å²) < 4.78 is 0. The molecule has 1 aliphatic carbocycles. The molecule has 1 aromatic carbocycles. The summed E-state index contributed by atoms with van der Waals surface area (Å²) in [6.45, 7) is 2.64. The Morgan fingerprint density at radius 1 is 1.19 bits per heavy atom. The van der Waals surface area contributed by atoms with Gasteiger partial charge in [0.1, 0.15) is 0 Å². The van der Waals surface area contributed by atoms with E-state index in [-0.39, 0.29) is 5.91 Å². The highest BCUT2D eigenvalue weighted by atomic mass is 16.5. The molecule has 0 radical (unpaired) electrons. The lowest BCUT2D eigenvalue weighted by atomic mass is 10.1. The lowest BCUT2D eigenvalue weighted by molar-refractivity contribution is -0.124. The van der Waals surface area contributed by atoms with Crippen molar-refractivity contribution in [2.45, 2.75) is 26.2 Å². The molecule has 0 saturated heterocycles. The molecule has 0 unspecified atom stereocenters. The zero-order valence-corrected chi connectivity index (χ0v) is 15.2. The van der Waals surface area contributed by atoms with Gasteiger partial charge in [-0.2, -0.15) is 0 Å². The second-order valence-corrected chi connectivity index (χ2v) is 6.48. The van der Waals surface area contributed by atoms with Gasteiger partial charge in [-0.1, -0.05) is 24.3 Å². The first-order valence-corrected chi connectivity index (χ1v) is 8.96. The molecule has 6 heteroatoms. The van der Waals surface area contributed by atoms with Crippen LogP contribution in [0.2, 0.25) is 0 Å². The Balaban J connectivity index is 1.58. The SMILES string of the molecule is Cc1[nH]c2c(c1CCNC(=O)c1ccc(/C=C/C(=O)NO)cc1)=CCCC=2. The fraction of sp³-hybridized carbons (Fsp3) is 0.238. The molecule has 3 rings (SSSR count). The predicted octanol–water partition coefficient (Wildman–Crippen LogP) is 1.17. The van der Waals surface area contributed by atoms with E-state index in [0.29, 0.717) is 12.1 Å². The summed E-state index contributed by atoms with van der Waals surface area (Å²) in [6.07, 6.45) is 10.2. The second kappa shape index (κ2) is 8.51. The monoisotopic (exact) mass is 365 g/mol. The Hall–Kier alpha value is -3.12. The second-order valence-electron chi connectivity index (χ2n) is 6.48. The minimum atomic E-state index is -0.603. The third-order valence-corrected chi connectivity index (χ3v) is 4.62. The number of amides is 2. The van der Waals surface area contributed by atoms with E-state index in [9.17, 15) is 9.59 Å².